The molecule has 2 rings (SSSR count). The van der Waals surface area contributed by atoms with Gasteiger partial charge < -0.3 is 5.32 Å². The van der Waals surface area contributed by atoms with Crippen LogP contribution in [0.5, 0.6) is 0 Å². The van der Waals surface area contributed by atoms with Crippen molar-refractivity contribution in [2.45, 2.75) is 32.5 Å². The molecule has 1 fully saturated rings. The lowest BCUT2D eigenvalue weighted by Crippen LogP contribution is -2.53. The Bertz CT molecular complexity index is 414. The smallest absolute Gasteiger partial charge is 0.269 e. The molecular formula is C13H20ClN3O2. The SMILES string of the molecule is CC1CN(Cc2ccc([N+](=O)[O-])cc2)CC(C)N1.Cl. The molecule has 0 amide bonds. The van der Waals surface area contributed by atoms with Crippen LogP contribution in [-0.4, -0.2) is 35.0 Å². The average Bonchev–Trinajstić information content (AvgIpc) is 2.28. The first-order valence-corrected chi connectivity index (χ1v) is 6.26. The van der Waals surface area contributed by atoms with Crippen molar-refractivity contribution in [3.05, 3.63) is 39.9 Å². The van der Waals surface area contributed by atoms with E-state index in [1.165, 1.54) is 0 Å². The molecule has 0 aromatic heterocycles. The monoisotopic (exact) mass is 285 g/mol. The number of rotatable bonds is 3. The van der Waals surface area contributed by atoms with Crippen LogP contribution in [0.1, 0.15) is 19.4 Å². The van der Waals surface area contributed by atoms with Crippen LogP contribution in [0.25, 0.3) is 0 Å². The molecule has 1 heterocycles. The second-order valence-electron chi connectivity index (χ2n) is 5.09. The first kappa shape index (κ1) is 15.9. The van der Waals surface area contributed by atoms with E-state index in [0.29, 0.717) is 12.1 Å². The van der Waals surface area contributed by atoms with E-state index in [0.717, 1.165) is 25.2 Å². The number of nitrogens with one attached hydrogen (secondary N) is 1. The van der Waals surface area contributed by atoms with Gasteiger partial charge in [-0.3, -0.25) is 15.0 Å². The van der Waals surface area contributed by atoms with Crippen molar-refractivity contribution in [1.82, 2.24) is 10.2 Å². The van der Waals surface area contributed by atoms with Crippen LogP contribution in [0, 0.1) is 10.1 Å². The molecule has 2 unspecified atom stereocenters. The van der Waals surface area contributed by atoms with Crippen LogP contribution in [0.2, 0.25) is 0 Å². The third-order valence-electron chi connectivity index (χ3n) is 3.19. The molecule has 0 aliphatic carbocycles. The number of halogens is 1. The maximum Gasteiger partial charge on any atom is 0.269 e. The van der Waals surface area contributed by atoms with E-state index in [4.69, 9.17) is 0 Å². The lowest BCUT2D eigenvalue weighted by molar-refractivity contribution is -0.384. The van der Waals surface area contributed by atoms with Gasteiger partial charge in [-0.2, -0.15) is 0 Å². The largest absolute Gasteiger partial charge is 0.309 e. The minimum atomic E-state index is -0.362. The van der Waals surface area contributed by atoms with Crippen molar-refractivity contribution in [3.8, 4) is 0 Å². The number of nitrogens with zero attached hydrogens (tertiary/aromatic N) is 2. The Balaban J connectivity index is 0.00000180. The second kappa shape index (κ2) is 6.84. The van der Waals surface area contributed by atoms with Gasteiger partial charge in [0.2, 0.25) is 0 Å². The standard InChI is InChI=1S/C13H19N3O2.ClH/c1-10-7-15(8-11(2)14-10)9-12-3-5-13(6-4-12)16(17)18;/h3-6,10-11,14H,7-9H2,1-2H3;1H. The molecule has 1 N–H and O–H groups in total. The van der Waals surface area contributed by atoms with Gasteiger partial charge in [-0.25, -0.2) is 0 Å². The fraction of sp³-hybridized carbons (Fsp3) is 0.538. The zero-order chi connectivity index (χ0) is 13.1. The van der Waals surface area contributed by atoms with Crippen LogP contribution >= 0.6 is 12.4 Å². The molecule has 5 nitrogen and oxygen atoms in total. The molecule has 6 heteroatoms. The first-order chi connectivity index (χ1) is 8.54. The Morgan fingerprint density at radius 2 is 1.79 bits per heavy atom. The zero-order valence-corrected chi connectivity index (χ0v) is 12.0. The molecule has 0 radical (unpaired) electrons. The van der Waals surface area contributed by atoms with Crippen molar-refractivity contribution >= 4 is 18.1 Å². The first-order valence-electron chi connectivity index (χ1n) is 6.26. The third kappa shape index (κ3) is 4.45. The fourth-order valence-corrected chi connectivity index (χ4v) is 2.55. The number of hydrogen-bond donors (Lipinski definition) is 1. The molecule has 106 valence electrons. The molecule has 0 spiro atoms. The summed E-state index contributed by atoms with van der Waals surface area (Å²) in [6, 6.07) is 7.82. The van der Waals surface area contributed by atoms with Gasteiger partial charge in [0, 0.05) is 43.9 Å². The van der Waals surface area contributed by atoms with Gasteiger partial charge in [0.05, 0.1) is 4.92 Å². The van der Waals surface area contributed by atoms with Gasteiger partial charge in [0.1, 0.15) is 0 Å². The molecule has 1 aliphatic heterocycles. The van der Waals surface area contributed by atoms with Crippen molar-refractivity contribution in [3.63, 3.8) is 0 Å². The molecule has 1 saturated heterocycles. The van der Waals surface area contributed by atoms with Gasteiger partial charge in [-0.1, -0.05) is 12.1 Å². The maximum atomic E-state index is 10.6. The highest BCUT2D eigenvalue weighted by atomic mass is 35.5. The van der Waals surface area contributed by atoms with Gasteiger partial charge in [0.25, 0.3) is 5.69 Å². The Hall–Kier alpha value is -1.17. The van der Waals surface area contributed by atoms with E-state index in [2.05, 4.69) is 24.1 Å². The minimum absolute atomic E-state index is 0. The molecule has 19 heavy (non-hydrogen) atoms. The molecule has 1 aliphatic rings. The highest BCUT2D eigenvalue weighted by molar-refractivity contribution is 5.85. The van der Waals surface area contributed by atoms with Gasteiger partial charge in [0.15, 0.2) is 0 Å². The van der Waals surface area contributed by atoms with E-state index in [9.17, 15) is 10.1 Å². The van der Waals surface area contributed by atoms with Crippen molar-refractivity contribution in [2.75, 3.05) is 13.1 Å². The van der Waals surface area contributed by atoms with Gasteiger partial charge >= 0.3 is 0 Å². The van der Waals surface area contributed by atoms with E-state index in [1.54, 1.807) is 12.1 Å². The Kier molecular flexibility index (Phi) is 5.72. The van der Waals surface area contributed by atoms with Gasteiger partial charge in [-0.15, -0.1) is 12.4 Å². The summed E-state index contributed by atoms with van der Waals surface area (Å²) < 4.78 is 0. The summed E-state index contributed by atoms with van der Waals surface area (Å²) in [4.78, 5) is 12.6. The van der Waals surface area contributed by atoms with Crippen molar-refractivity contribution in [1.29, 1.82) is 0 Å². The second-order valence-corrected chi connectivity index (χ2v) is 5.09. The van der Waals surface area contributed by atoms with E-state index < -0.39 is 0 Å². The van der Waals surface area contributed by atoms with E-state index in [1.807, 2.05) is 12.1 Å². The van der Waals surface area contributed by atoms with Gasteiger partial charge in [-0.05, 0) is 19.4 Å². The lowest BCUT2D eigenvalue weighted by atomic mass is 10.1. The average molecular weight is 286 g/mol. The summed E-state index contributed by atoms with van der Waals surface area (Å²) in [5.74, 6) is 0. The summed E-state index contributed by atoms with van der Waals surface area (Å²) in [5.41, 5.74) is 1.28. The summed E-state index contributed by atoms with van der Waals surface area (Å²) in [6.45, 7) is 7.24. The number of piperazine rings is 1. The van der Waals surface area contributed by atoms with Crippen LogP contribution in [0.15, 0.2) is 24.3 Å². The Morgan fingerprint density at radius 1 is 1.26 bits per heavy atom. The number of benzene rings is 1. The molecule has 1 aromatic carbocycles. The number of nitro benzene ring substituents is 1. The van der Waals surface area contributed by atoms with Crippen LogP contribution in [0.3, 0.4) is 0 Å². The Labute approximate surface area is 119 Å². The summed E-state index contributed by atoms with van der Waals surface area (Å²) in [7, 11) is 0. The third-order valence-corrected chi connectivity index (χ3v) is 3.19. The van der Waals surface area contributed by atoms with E-state index >= 15 is 0 Å². The lowest BCUT2D eigenvalue weighted by Gasteiger charge is -2.36. The number of hydrogen-bond acceptors (Lipinski definition) is 4. The van der Waals surface area contributed by atoms with Crippen LogP contribution < -0.4 is 5.32 Å². The van der Waals surface area contributed by atoms with Crippen LogP contribution in [-0.2, 0) is 6.54 Å². The Morgan fingerprint density at radius 3 is 2.26 bits per heavy atom. The summed E-state index contributed by atoms with van der Waals surface area (Å²) in [5, 5.41) is 14.1. The predicted octanol–water partition coefficient (Wildman–Crippen LogP) is 2.20. The molecule has 2 atom stereocenters. The minimum Gasteiger partial charge on any atom is -0.309 e. The zero-order valence-electron chi connectivity index (χ0n) is 11.2. The van der Waals surface area contributed by atoms with E-state index in [-0.39, 0.29) is 23.0 Å². The normalized spacial score (nSPS) is 23.7. The highest BCUT2D eigenvalue weighted by Gasteiger charge is 2.20. The molecular weight excluding hydrogens is 266 g/mol. The topological polar surface area (TPSA) is 58.4 Å². The fourth-order valence-electron chi connectivity index (χ4n) is 2.55. The predicted molar refractivity (Wildman–Crippen MR) is 77.7 cm³/mol. The summed E-state index contributed by atoms with van der Waals surface area (Å²) in [6.07, 6.45) is 0. The van der Waals surface area contributed by atoms with Crippen molar-refractivity contribution < 1.29 is 4.92 Å². The van der Waals surface area contributed by atoms with Crippen LogP contribution in [0.4, 0.5) is 5.69 Å². The number of non-ortho nitro benzene ring substituents is 1. The quantitative estimate of drug-likeness (QED) is 0.683. The van der Waals surface area contributed by atoms with Crippen molar-refractivity contribution in [2.24, 2.45) is 0 Å². The number of nitro groups is 1. The maximum absolute atomic E-state index is 10.6. The summed E-state index contributed by atoms with van der Waals surface area (Å²) >= 11 is 0. The molecule has 1 aromatic rings. The molecule has 0 bridgehead atoms. The molecule has 0 saturated carbocycles. The highest BCUT2D eigenvalue weighted by Crippen LogP contribution is 2.15.